The summed E-state index contributed by atoms with van der Waals surface area (Å²) in [5.74, 6) is -0.889. The summed E-state index contributed by atoms with van der Waals surface area (Å²) >= 11 is 0. The van der Waals surface area contributed by atoms with Crippen molar-refractivity contribution < 1.29 is 19.1 Å². The summed E-state index contributed by atoms with van der Waals surface area (Å²) in [6, 6.07) is 0. The minimum absolute atomic E-state index is 0.0824. The maximum atomic E-state index is 12.8. The zero-order valence-electron chi connectivity index (χ0n) is 20.7. The fourth-order valence-corrected chi connectivity index (χ4v) is 3.56. The van der Waals surface area contributed by atoms with E-state index in [0.29, 0.717) is 24.4 Å². The van der Waals surface area contributed by atoms with Gasteiger partial charge in [-0.1, -0.05) is 106 Å². The molecule has 0 fully saturated rings. The van der Waals surface area contributed by atoms with Gasteiger partial charge in [0, 0.05) is 0 Å². The van der Waals surface area contributed by atoms with Crippen LogP contribution in [0.15, 0.2) is 11.1 Å². The molecule has 0 amide bonds. The molecule has 0 saturated carbocycles. The number of carbonyl (C=O) groups excluding carboxylic acids is 2. The van der Waals surface area contributed by atoms with Gasteiger partial charge in [-0.2, -0.15) is 0 Å². The van der Waals surface area contributed by atoms with Crippen LogP contribution in [0.5, 0.6) is 0 Å². The van der Waals surface area contributed by atoms with Crippen molar-refractivity contribution in [2.75, 3.05) is 13.2 Å². The molecule has 0 atom stereocenters. The van der Waals surface area contributed by atoms with Gasteiger partial charge in [-0.15, -0.1) is 0 Å². The van der Waals surface area contributed by atoms with Crippen molar-refractivity contribution in [2.24, 2.45) is 11.8 Å². The van der Waals surface area contributed by atoms with Crippen LogP contribution in [0.25, 0.3) is 0 Å². The molecule has 0 rings (SSSR count). The number of hydrogen-bond acceptors (Lipinski definition) is 4. The molecule has 30 heavy (non-hydrogen) atoms. The lowest BCUT2D eigenvalue weighted by Gasteiger charge is -2.19. The number of ether oxygens (including phenoxy) is 2. The molecule has 0 radical (unpaired) electrons. The lowest BCUT2D eigenvalue weighted by molar-refractivity contribution is -0.143. The SMILES string of the molecule is CCCCCCCCOC(=O)C(=C(C(=O)OCCCCCCCC)C(C)C)C(C)C. The van der Waals surface area contributed by atoms with E-state index in [-0.39, 0.29) is 23.8 Å². The lowest BCUT2D eigenvalue weighted by atomic mass is 9.90. The molecule has 0 aromatic carbocycles. The van der Waals surface area contributed by atoms with Crippen molar-refractivity contribution in [3.05, 3.63) is 11.1 Å². The van der Waals surface area contributed by atoms with Crippen molar-refractivity contribution in [3.63, 3.8) is 0 Å². The van der Waals surface area contributed by atoms with E-state index >= 15 is 0 Å². The third kappa shape index (κ3) is 13.1. The molecule has 176 valence electrons. The Balaban J connectivity index is 4.73. The molecule has 0 aromatic rings. The van der Waals surface area contributed by atoms with Crippen LogP contribution in [0.1, 0.15) is 119 Å². The molecule has 0 N–H and O–H groups in total. The molecule has 0 bridgehead atoms. The van der Waals surface area contributed by atoms with Gasteiger partial charge in [-0.25, -0.2) is 9.59 Å². The standard InChI is InChI=1S/C26H48O4/c1-7-9-11-13-15-17-19-29-25(27)23(21(3)4)24(22(5)6)26(28)30-20-18-16-14-12-10-8-2/h21-22H,7-20H2,1-6H3. The Morgan fingerprint density at radius 3 is 1.13 bits per heavy atom. The van der Waals surface area contributed by atoms with Crippen LogP contribution >= 0.6 is 0 Å². The fraction of sp³-hybridized carbons (Fsp3) is 0.846. The molecule has 0 aliphatic heterocycles. The molecule has 0 aliphatic rings. The number of hydrogen-bond donors (Lipinski definition) is 0. The molecular formula is C26H48O4. The summed E-state index contributed by atoms with van der Waals surface area (Å²) in [5, 5.41) is 0. The van der Waals surface area contributed by atoms with E-state index < -0.39 is 0 Å². The molecule has 0 aromatic heterocycles. The molecule has 0 saturated heterocycles. The van der Waals surface area contributed by atoms with E-state index in [1.54, 1.807) is 0 Å². The molecule has 4 nitrogen and oxygen atoms in total. The third-order valence-electron chi connectivity index (χ3n) is 5.35. The minimum atomic E-state index is -0.362. The van der Waals surface area contributed by atoms with Crippen molar-refractivity contribution in [3.8, 4) is 0 Å². The second-order valence-electron chi connectivity index (χ2n) is 8.94. The van der Waals surface area contributed by atoms with Crippen LogP contribution in [0.4, 0.5) is 0 Å². The first-order valence-corrected chi connectivity index (χ1v) is 12.4. The molecule has 0 spiro atoms. The Labute approximate surface area is 186 Å². The molecule has 0 unspecified atom stereocenters. The summed E-state index contributed by atoms with van der Waals surface area (Å²) in [7, 11) is 0. The van der Waals surface area contributed by atoms with E-state index in [1.807, 2.05) is 27.7 Å². The van der Waals surface area contributed by atoms with Crippen molar-refractivity contribution in [1.82, 2.24) is 0 Å². The second kappa shape index (κ2) is 18.4. The van der Waals surface area contributed by atoms with Crippen LogP contribution in [0.2, 0.25) is 0 Å². The maximum Gasteiger partial charge on any atom is 0.334 e. The van der Waals surface area contributed by atoms with Crippen LogP contribution < -0.4 is 0 Å². The predicted octanol–water partition coefficient (Wildman–Crippen LogP) is 7.40. The zero-order chi connectivity index (χ0) is 22.8. The van der Waals surface area contributed by atoms with Gasteiger partial charge in [0.05, 0.1) is 24.4 Å². The van der Waals surface area contributed by atoms with E-state index in [4.69, 9.17) is 9.47 Å². The van der Waals surface area contributed by atoms with Crippen molar-refractivity contribution in [1.29, 1.82) is 0 Å². The van der Waals surface area contributed by atoms with Crippen LogP contribution in [0.3, 0.4) is 0 Å². The highest BCUT2D eigenvalue weighted by molar-refractivity contribution is 6.01. The van der Waals surface area contributed by atoms with Gasteiger partial charge in [0.2, 0.25) is 0 Å². The number of rotatable bonds is 18. The summed E-state index contributed by atoms with van der Waals surface area (Å²) < 4.78 is 11.1. The van der Waals surface area contributed by atoms with Gasteiger partial charge in [-0.3, -0.25) is 0 Å². The first kappa shape index (κ1) is 28.7. The van der Waals surface area contributed by atoms with E-state index in [0.717, 1.165) is 25.7 Å². The van der Waals surface area contributed by atoms with Crippen molar-refractivity contribution >= 4 is 11.9 Å². The minimum Gasteiger partial charge on any atom is -0.462 e. The summed E-state index contributed by atoms with van der Waals surface area (Å²) in [6.07, 6.45) is 13.7. The monoisotopic (exact) mass is 424 g/mol. The first-order valence-electron chi connectivity index (χ1n) is 12.4. The Bertz CT molecular complexity index is 447. The summed E-state index contributed by atoms with van der Waals surface area (Å²) in [6.45, 7) is 13.0. The van der Waals surface area contributed by atoms with Gasteiger partial charge in [-0.05, 0) is 24.7 Å². The van der Waals surface area contributed by atoms with Gasteiger partial charge < -0.3 is 9.47 Å². The molecule has 0 heterocycles. The van der Waals surface area contributed by atoms with Gasteiger partial charge in [0.1, 0.15) is 0 Å². The lowest BCUT2D eigenvalue weighted by Crippen LogP contribution is -2.23. The topological polar surface area (TPSA) is 52.6 Å². The van der Waals surface area contributed by atoms with Crippen LogP contribution in [-0.2, 0) is 19.1 Å². The van der Waals surface area contributed by atoms with Gasteiger partial charge in [0.15, 0.2) is 0 Å². The summed E-state index contributed by atoms with van der Waals surface area (Å²) in [4.78, 5) is 25.5. The molecule has 0 aliphatic carbocycles. The van der Waals surface area contributed by atoms with Crippen molar-refractivity contribution in [2.45, 2.75) is 119 Å². The average molecular weight is 425 g/mol. The maximum absolute atomic E-state index is 12.8. The number of unbranched alkanes of at least 4 members (excludes halogenated alkanes) is 10. The highest BCUT2D eigenvalue weighted by atomic mass is 16.5. The second-order valence-corrected chi connectivity index (χ2v) is 8.94. The van der Waals surface area contributed by atoms with Crippen LogP contribution in [0, 0.1) is 11.8 Å². The Hall–Kier alpha value is -1.32. The van der Waals surface area contributed by atoms with E-state index in [2.05, 4.69) is 13.8 Å². The Morgan fingerprint density at radius 1 is 0.533 bits per heavy atom. The average Bonchev–Trinajstić information content (AvgIpc) is 2.69. The van der Waals surface area contributed by atoms with Gasteiger partial charge in [0.25, 0.3) is 0 Å². The predicted molar refractivity (Wildman–Crippen MR) is 125 cm³/mol. The zero-order valence-corrected chi connectivity index (χ0v) is 20.7. The largest absolute Gasteiger partial charge is 0.462 e. The van der Waals surface area contributed by atoms with E-state index in [9.17, 15) is 9.59 Å². The van der Waals surface area contributed by atoms with Gasteiger partial charge >= 0.3 is 11.9 Å². The highest BCUT2D eigenvalue weighted by Crippen LogP contribution is 2.24. The fourth-order valence-electron chi connectivity index (χ4n) is 3.56. The first-order chi connectivity index (χ1) is 14.4. The smallest absolute Gasteiger partial charge is 0.334 e. The number of carbonyl (C=O) groups is 2. The van der Waals surface area contributed by atoms with E-state index in [1.165, 1.54) is 51.4 Å². The number of esters is 2. The van der Waals surface area contributed by atoms with Crippen LogP contribution in [-0.4, -0.2) is 25.2 Å². The quantitative estimate of drug-likeness (QED) is 0.131. The molecular weight excluding hydrogens is 376 g/mol. The Morgan fingerprint density at radius 2 is 0.833 bits per heavy atom. The summed E-state index contributed by atoms with van der Waals surface area (Å²) in [5.41, 5.74) is 0.952. The molecule has 4 heteroatoms. The third-order valence-corrected chi connectivity index (χ3v) is 5.35. The normalized spacial score (nSPS) is 12.3. The Kier molecular flexibility index (Phi) is 17.6. The highest BCUT2D eigenvalue weighted by Gasteiger charge is 2.27.